The minimum absolute atomic E-state index is 0.351. The van der Waals surface area contributed by atoms with Crippen molar-refractivity contribution in [3.63, 3.8) is 0 Å². The molecule has 2 rings (SSSR count). The van der Waals surface area contributed by atoms with Gasteiger partial charge in [-0.25, -0.2) is 0 Å². The lowest BCUT2D eigenvalue weighted by Gasteiger charge is -2.14. The van der Waals surface area contributed by atoms with Gasteiger partial charge in [-0.05, 0) is 24.1 Å². The van der Waals surface area contributed by atoms with E-state index < -0.39 is 6.04 Å². The van der Waals surface area contributed by atoms with Gasteiger partial charge in [0.1, 0.15) is 6.04 Å². The lowest BCUT2D eigenvalue weighted by Crippen LogP contribution is -2.38. The fourth-order valence-corrected chi connectivity index (χ4v) is 1.93. The monoisotopic (exact) mass is 235 g/mol. The van der Waals surface area contributed by atoms with E-state index in [1.165, 1.54) is 5.56 Å². The molecule has 0 fully saturated rings. The number of anilines is 2. The van der Waals surface area contributed by atoms with Gasteiger partial charge in [0.15, 0.2) is 0 Å². The summed E-state index contributed by atoms with van der Waals surface area (Å²) in [6.45, 7) is 0.652. The number of nitrogens with one attached hydrogen (secondary N) is 1. The Labute approximate surface area is 100 Å². The molecule has 1 amide bonds. The molecule has 0 saturated carbocycles. The summed E-state index contributed by atoms with van der Waals surface area (Å²) >= 11 is 0. The van der Waals surface area contributed by atoms with Crippen LogP contribution in [0.5, 0.6) is 0 Å². The number of aliphatic hydroxyl groups is 1. The van der Waals surface area contributed by atoms with Crippen LogP contribution >= 0.6 is 0 Å². The van der Waals surface area contributed by atoms with Crippen LogP contribution in [0.4, 0.5) is 11.4 Å². The standard InChI is InChI=1S/C12H17N3O2/c1-15-5-4-8-2-3-9(6-11(8)15)14-12(17)10(13)7-16/h2-3,6,10,16H,4-5,7,13H2,1H3,(H,14,17)/t10-/m0/s1. The van der Waals surface area contributed by atoms with Crippen LogP contribution in [0.3, 0.4) is 0 Å². The smallest absolute Gasteiger partial charge is 0.243 e. The first kappa shape index (κ1) is 11.9. The molecule has 17 heavy (non-hydrogen) atoms. The number of amides is 1. The van der Waals surface area contributed by atoms with Crippen molar-refractivity contribution in [3.8, 4) is 0 Å². The quantitative estimate of drug-likeness (QED) is 0.685. The second-order valence-corrected chi connectivity index (χ2v) is 4.29. The molecule has 1 heterocycles. The lowest BCUT2D eigenvalue weighted by atomic mass is 10.1. The fraction of sp³-hybridized carbons (Fsp3) is 0.417. The summed E-state index contributed by atoms with van der Waals surface area (Å²) in [5.74, 6) is -0.367. The predicted octanol–water partition coefficient (Wildman–Crippen LogP) is -0.0630. The molecule has 1 aliphatic heterocycles. The van der Waals surface area contributed by atoms with Crippen LogP contribution in [-0.4, -0.2) is 37.3 Å². The van der Waals surface area contributed by atoms with Crippen molar-refractivity contribution >= 4 is 17.3 Å². The molecular formula is C12H17N3O2. The van der Waals surface area contributed by atoms with E-state index in [4.69, 9.17) is 10.8 Å². The number of carbonyl (C=O) groups excluding carboxylic acids is 1. The van der Waals surface area contributed by atoms with E-state index in [2.05, 4.69) is 10.2 Å². The van der Waals surface area contributed by atoms with Crippen molar-refractivity contribution in [2.45, 2.75) is 12.5 Å². The van der Waals surface area contributed by atoms with Gasteiger partial charge in [0.2, 0.25) is 5.91 Å². The zero-order valence-corrected chi connectivity index (χ0v) is 9.81. The Kier molecular flexibility index (Phi) is 3.31. The molecule has 5 heteroatoms. The number of fused-ring (bicyclic) bond motifs is 1. The van der Waals surface area contributed by atoms with Crippen molar-refractivity contribution in [2.24, 2.45) is 5.73 Å². The second kappa shape index (κ2) is 4.73. The van der Waals surface area contributed by atoms with Gasteiger partial charge in [-0.3, -0.25) is 4.79 Å². The molecular weight excluding hydrogens is 218 g/mol. The molecule has 0 saturated heterocycles. The maximum absolute atomic E-state index is 11.5. The number of hydrogen-bond donors (Lipinski definition) is 3. The first-order valence-electron chi connectivity index (χ1n) is 5.63. The highest BCUT2D eigenvalue weighted by Crippen LogP contribution is 2.29. The van der Waals surface area contributed by atoms with E-state index in [0.717, 1.165) is 18.7 Å². The van der Waals surface area contributed by atoms with E-state index >= 15 is 0 Å². The van der Waals surface area contributed by atoms with Crippen LogP contribution in [0.15, 0.2) is 18.2 Å². The summed E-state index contributed by atoms with van der Waals surface area (Å²) in [5, 5.41) is 11.5. The highest BCUT2D eigenvalue weighted by atomic mass is 16.3. The first-order chi connectivity index (χ1) is 8.11. The van der Waals surface area contributed by atoms with Gasteiger partial charge in [-0.15, -0.1) is 0 Å². The molecule has 1 aromatic rings. The van der Waals surface area contributed by atoms with Crippen molar-refractivity contribution in [1.82, 2.24) is 0 Å². The topological polar surface area (TPSA) is 78.6 Å². The molecule has 92 valence electrons. The van der Waals surface area contributed by atoms with Gasteiger partial charge in [0.05, 0.1) is 6.61 Å². The molecule has 0 aromatic heterocycles. The van der Waals surface area contributed by atoms with E-state index in [-0.39, 0.29) is 12.5 Å². The zero-order chi connectivity index (χ0) is 12.4. The van der Waals surface area contributed by atoms with Crippen LogP contribution in [0.2, 0.25) is 0 Å². The third-order valence-electron chi connectivity index (χ3n) is 3.01. The number of nitrogens with zero attached hydrogens (tertiary/aromatic N) is 1. The summed E-state index contributed by atoms with van der Waals surface area (Å²) in [6.07, 6.45) is 1.04. The second-order valence-electron chi connectivity index (χ2n) is 4.29. The average molecular weight is 235 g/mol. The van der Waals surface area contributed by atoms with E-state index in [1.807, 2.05) is 25.2 Å². The van der Waals surface area contributed by atoms with Gasteiger partial charge in [0.25, 0.3) is 0 Å². The zero-order valence-electron chi connectivity index (χ0n) is 9.81. The number of aliphatic hydroxyl groups excluding tert-OH is 1. The molecule has 1 aromatic carbocycles. The summed E-state index contributed by atoms with van der Waals surface area (Å²) in [5.41, 5.74) is 8.57. The summed E-state index contributed by atoms with van der Waals surface area (Å²) in [6, 6.07) is 4.93. The van der Waals surface area contributed by atoms with E-state index in [9.17, 15) is 4.79 Å². The van der Waals surface area contributed by atoms with Gasteiger partial charge in [0, 0.05) is 25.0 Å². The number of hydrogen-bond acceptors (Lipinski definition) is 4. The minimum atomic E-state index is -0.874. The normalized spacial score (nSPS) is 15.6. The lowest BCUT2D eigenvalue weighted by molar-refractivity contribution is -0.118. The minimum Gasteiger partial charge on any atom is -0.394 e. The van der Waals surface area contributed by atoms with Crippen LogP contribution in [0, 0.1) is 0 Å². The number of likely N-dealkylation sites (N-methyl/N-ethyl adjacent to an activating group) is 1. The molecule has 0 bridgehead atoms. The molecule has 4 N–H and O–H groups in total. The summed E-state index contributed by atoms with van der Waals surface area (Å²) in [4.78, 5) is 13.7. The Hall–Kier alpha value is -1.59. The molecule has 0 aliphatic carbocycles. The van der Waals surface area contributed by atoms with Crippen LogP contribution < -0.4 is 16.0 Å². The third-order valence-corrected chi connectivity index (χ3v) is 3.01. The molecule has 0 radical (unpaired) electrons. The van der Waals surface area contributed by atoms with Gasteiger partial charge >= 0.3 is 0 Å². The maximum atomic E-state index is 11.5. The van der Waals surface area contributed by atoms with Crippen molar-refractivity contribution in [3.05, 3.63) is 23.8 Å². The Morgan fingerprint density at radius 1 is 1.65 bits per heavy atom. The number of benzene rings is 1. The number of nitrogens with two attached hydrogens (primary N) is 1. The Balaban J connectivity index is 2.13. The molecule has 1 aliphatic rings. The summed E-state index contributed by atoms with van der Waals surface area (Å²) in [7, 11) is 2.02. The first-order valence-corrected chi connectivity index (χ1v) is 5.63. The highest BCUT2D eigenvalue weighted by Gasteiger charge is 2.17. The number of rotatable bonds is 3. The highest BCUT2D eigenvalue weighted by molar-refractivity contribution is 5.95. The predicted molar refractivity (Wildman–Crippen MR) is 67.1 cm³/mol. The fourth-order valence-electron chi connectivity index (χ4n) is 1.93. The van der Waals surface area contributed by atoms with Crippen LogP contribution in [0.1, 0.15) is 5.56 Å². The molecule has 5 nitrogen and oxygen atoms in total. The average Bonchev–Trinajstić information content (AvgIpc) is 2.70. The van der Waals surface area contributed by atoms with Crippen molar-refractivity contribution < 1.29 is 9.90 Å². The number of carbonyl (C=O) groups is 1. The molecule has 1 atom stereocenters. The van der Waals surface area contributed by atoms with Crippen molar-refractivity contribution in [1.29, 1.82) is 0 Å². The molecule has 0 spiro atoms. The van der Waals surface area contributed by atoms with Crippen LogP contribution in [-0.2, 0) is 11.2 Å². The van der Waals surface area contributed by atoms with Gasteiger partial charge in [-0.2, -0.15) is 0 Å². The van der Waals surface area contributed by atoms with Gasteiger partial charge < -0.3 is 21.1 Å². The van der Waals surface area contributed by atoms with Gasteiger partial charge in [-0.1, -0.05) is 6.07 Å². The van der Waals surface area contributed by atoms with E-state index in [0.29, 0.717) is 5.69 Å². The maximum Gasteiger partial charge on any atom is 0.243 e. The van der Waals surface area contributed by atoms with Crippen molar-refractivity contribution in [2.75, 3.05) is 30.4 Å². The largest absolute Gasteiger partial charge is 0.394 e. The van der Waals surface area contributed by atoms with E-state index in [1.54, 1.807) is 0 Å². The Bertz CT molecular complexity index is 434. The Morgan fingerprint density at radius 3 is 3.12 bits per heavy atom. The molecule has 0 unspecified atom stereocenters. The SMILES string of the molecule is CN1CCc2ccc(NC(=O)[C@@H](N)CO)cc21. The summed E-state index contributed by atoms with van der Waals surface area (Å²) < 4.78 is 0. The Morgan fingerprint density at radius 2 is 2.41 bits per heavy atom. The third kappa shape index (κ3) is 2.40. The van der Waals surface area contributed by atoms with Crippen LogP contribution in [0.25, 0.3) is 0 Å².